The van der Waals surface area contributed by atoms with E-state index in [-0.39, 0.29) is 24.8 Å². The molecule has 2 rings (SSSR count). The van der Waals surface area contributed by atoms with Crippen molar-refractivity contribution in [3.63, 3.8) is 0 Å². The molecule has 0 radical (unpaired) electrons. The van der Waals surface area contributed by atoms with Gasteiger partial charge in [-0.1, -0.05) is 29.8 Å². The number of rotatable bonds is 7. The first-order chi connectivity index (χ1) is 11.5. The quantitative estimate of drug-likeness (QED) is 0.490. The van der Waals surface area contributed by atoms with Crippen molar-refractivity contribution in [1.82, 2.24) is 15.5 Å². The van der Waals surface area contributed by atoms with E-state index in [0.717, 1.165) is 12.0 Å². The second kappa shape index (κ2) is 8.82. The molecule has 1 aromatic carbocycles. The normalized spacial score (nSPS) is 17.0. The monoisotopic (exact) mass is 333 g/mol. The second-order valence-corrected chi connectivity index (χ2v) is 6.06. The number of nitrogens with zero attached hydrogens (tertiary/aromatic N) is 1. The van der Waals surface area contributed by atoms with Crippen molar-refractivity contribution in [2.75, 3.05) is 19.5 Å². The Morgan fingerprint density at radius 3 is 2.88 bits per heavy atom. The van der Waals surface area contributed by atoms with Crippen LogP contribution in [0, 0.1) is 6.92 Å². The largest absolute Gasteiger partial charge is 0.472 e. The van der Waals surface area contributed by atoms with Crippen molar-refractivity contribution in [2.24, 2.45) is 0 Å². The summed E-state index contributed by atoms with van der Waals surface area (Å²) in [4.78, 5) is 25.9. The molecule has 1 aliphatic heterocycles. The van der Waals surface area contributed by atoms with Gasteiger partial charge in [-0.15, -0.1) is 0 Å². The Balaban J connectivity index is 1.81. The van der Waals surface area contributed by atoms with E-state index >= 15 is 0 Å². The van der Waals surface area contributed by atoms with Crippen LogP contribution in [0.2, 0.25) is 0 Å². The third-order valence-electron chi connectivity index (χ3n) is 4.02. The van der Waals surface area contributed by atoms with Crippen LogP contribution in [-0.2, 0) is 16.1 Å². The molecule has 1 atom stereocenters. The van der Waals surface area contributed by atoms with Crippen LogP contribution in [0.25, 0.3) is 0 Å². The number of nitrogens with one attached hydrogen (secondary N) is 2. The fraction of sp³-hybridized carbons (Fsp3) is 0.500. The molecule has 24 heavy (non-hydrogen) atoms. The zero-order valence-electron chi connectivity index (χ0n) is 13.9. The Hall–Kier alpha value is -1.90. The summed E-state index contributed by atoms with van der Waals surface area (Å²) in [7, 11) is -1.59. The molecule has 1 aromatic rings. The molecule has 130 valence electrons. The van der Waals surface area contributed by atoms with E-state index < -0.39 is 13.2 Å². The van der Waals surface area contributed by atoms with E-state index in [0.29, 0.717) is 19.5 Å². The Kier molecular flexibility index (Phi) is 6.78. The Morgan fingerprint density at radius 2 is 2.17 bits per heavy atom. The summed E-state index contributed by atoms with van der Waals surface area (Å²) in [5, 5.41) is 23.2. The number of aryl methyl sites for hydroxylation is 1. The maximum atomic E-state index is 12.3. The Bertz CT molecular complexity index is 582. The van der Waals surface area contributed by atoms with E-state index in [1.165, 1.54) is 5.56 Å². The molecule has 7 nitrogen and oxygen atoms in total. The molecule has 4 N–H and O–H groups in total. The van der Waals surface area contributed by atoms with Gasteiger partial charge in [0.2, 0.25) is 11.8 Å². The van der Waals surface area contributed by atoms with Crippen molar-refractivity contribution in [1.29, 1.82) is 0 Å². The summed E-state index contributed by atoms with van der Waals surface area (Å²) in [5.74, 6) is -0.461. The zero-order chi connectivity index (χ0) is 17.5. The maximum Gasteiger partial charge on any atom is 0.472 e. The van der Waals surface area contributed by atoms with E-state index in [2.05, 4.69) is 16.7 Å². The molecule has 0 bridgehead atoms. The van der Waals surface area contributed by atoms with Crippen molar-refractivity contribution < 1.29 is 19.6 Å². The molecule has 0 saturated carbocycles. The minimum atomic E-state index is -1.59. The summed E-state index contributed by atoms with van der Waals surface area (Å²) in [6.07, 6.45) is 1.13. The van der Waals surface area contributed by atoms with Gasteiger partial charge in [0, 0.05) is 13.1 Å². The van der Waals surface area contributed by atoms with Gasteiger partial charge < -0.3 is 25.6 Å². The third-order valence-corrected chi connectivity index (χ3v) is 4.02. The fourth-order valence-corrected chi connectivity index (χ4v) is 2.88. The lowest BCUT2D eigenvalue weighted by Crippen LogP contribution is -2.50. The van der Waals surface area contributed by atoms with Crippen LogP contribution in [0.15, 0.2) is 24.3 Å². The molecule has 1 saturated heterocycles. The number of hydrogen-bond donors (Lipinski definition) is 4. The van der Waals surface area contributed by atoms with E-state index in [1.807, 2.05) is 25.1 Å². The van der Waals surface area contributed by atoms with Gasteiger partial charge in [0.15, 0.2) is 0 Å². The van der Waals surface area contributed by atoms with Gasteiger partial charge in [-0.05, 0) is 25.3 Å². The molecule has 2 amide bonds. The minimum absolute atomic E-state index is 0.121. The molecule has 1 fully saturated rings. The summed E-state index contributed by atoms with van der Waals surface area (Å²) < 4.78 is 0. The first kappa shape index (κ1) is 18.4. The van der Waals surface area contributed by atoms with E-state index in [4.69, 9.17) is 10.0 Å². The highest BCUT2D eigenvalue weighted by molar-refractivity contribution is 6.41. The molecule has 0 aliphatic carbocycles. The van der Waals surface area contributed by atoms with Gasteiger partial charge >= 0.3 is 7.12 Å². The minimum Gasteiger partial charge on any atom is -0.426 e. The number of benzene rings is 1. The highest BCUT2D eigenvalue weighted by atomic mass is 16.4. The van der Waals surface area contributed by atoms with Crippen LogP contribution in [-0.4, -0.2) is 59.5 Å². The van der Waals surface area contributed by atoms with E-state index in [1.54, 1.807) is 4.90 Å². The first-order valence-electron chi connectivity index (χ1n) is 8.17. The zero-order valence-corrected chi connectivity index (χ0v) is 13.9. The molecule has 1 heterocycles. The molecule has 1 aliphatic rings. The summed E-state index contributed by atoms with van der Waals surface area (Å²) >= 11 is 0. The number of amides is 2. The first-order valence-corrected chi connectivity index (χ1v) is 8.17. The average Bonchev–Trinajstić information content (AvgIpc) is 3.02. The van der Waals surface area contributed by atoms with Gasteiger partial charge in [0.1, 0.15) is 6.04 Å². The molecular weight excluding hydrogens is 309 g/mol. The van der Waals surface area contributed by atoms with Crippen molar-refractivity contribution >= 4 is 18.9 Å². The van der Waals surface area contributed by atoms with Gasteiger partial charge in [0.25, 0.3) is 0 Å². The standard InChI is InChI=1S/C16H24BN3O4/c1-12-4-2-5-13(8-12)9-18-10-15(21)20-7-3-6-14(20)16(22)19-11-17(23)24/h2,4-5,8,14,18,23-24H,3,6-7,9-11H2,1H3,(H,19,22). The lowest BCUT2D eigenvalue weighted by molar-refractivity contribution is -0.137. The van der Waals surface area contributed by atoms with Crippen molar-refractivity contribution in [3.8, 4) is 0 Å². The molecule has 8 heteroatoms. The maximum absolute atomic E-state index is 12.3. The fourth-order valence-electron chi connectivity index (χ4n) is 2.88. The van der Waals surface area contributed by atoms with Crippen LogP contribution in [0.1, 0.15) is 24.0 Å². The highest BCUT2D eigenvalue weighted by Crippen LogP contribution is 2.17. The van der Waals surface area contributed by atoms with Gasteiger partial charge in [-0.2, -0.15) is 0 Å². The molecular formula is C16H24BN3O4. The number of likely N-dealkylation sites (tertiary alicyclic amines) is 1. The number of hydrogen-bond acceptors (Lipinski definition) is 5. The Labute approximate surface area is 142 Å². The van der Waals surface area contributed by atoms with Crippen LogP contribution < -0.4 is 10.6 Å². The van der Waals surface area contributed by atoms with Crippen LogP contribution in [0.5, 0.6) is 0 Å². The SMILES string of the molecule is Cc1cccc(CNCC(=O)N2CCCC2C(=O)NCB(O)O)c1. The van der Waals surface area contributed by atoms with Gasteiger partial charge in [0.05, 0.1) is 13.0 Å². The topological polar surface area (TPSA) is 102 Å². The van der Waals surface area contributed by atoms with Gasteiger partial charge in [-0.25, -0.2) is 0 Å². The highest BCUT2D eigenvalue weighted by Gasteiger charge is 2.33. The van der Waals surface area contributed by atoms with Crippen LogP contribution in [0.4, 0.5) is 0 Å². The lowest BCUT2D eigenvalue weighted by Gasteiger charge is -2.24. The molecule has 0 aromatic heterocycles. The second-order valence-electron chi connectivity index (χ2n) is 6.06. The average molecular weight is 333 g/mol. The number of carbonyl (C=O) groups excluding carboxylic acids is 2. The molecule has 0 spiro atoms. The third kappa shape index (κ3) is 5.33. The van der Waals surface area contributed by atoms with Crippen LogP contribution >= 0.6 is 0 Å². The van der Waals surface area contributed by atoms with Crippen molar-refractivity contribution in [3.05, 3.63) is 35.4 Å². The summed E-state index contributed by atoms with van der Waals surface area (Å²) in [6, 6.07) is 7.52. The summed E-state index contributed by atoms with van der Waals surface area (Å²) in [6.45, 7) is 3.32. The van der Waals surface area contributed by atoms with Crippen molar-refractivity contribution in [2.45, 2.75) is 32.4 Å². The predicted octanol–water partition coefficient (Wildman–Crippen LogP) is -0.796. The van der Waals surface area contributed by atoms with Crippen LogP contribution in [0.3, 0.4) is 0 Å². The number of carbonyl (C=O) groups is 2. The Morgan fingerprint density at radius 1 is 1.38 bits per heavy atom. The van der Waals surface area contributed by atoms with E-state index in [9.17, 15) is 9.59 Å². The predicted molar refractivity (Wildman–Crippen MR) is 90.8 cm³/mol. The molecule has 1 unspecified atom stereocenters. The smallest absolute Gasteiger partial charge is 0.426 e. The van der Waals surface area contributed by atoms with Gasteiger partial charge in [-0.3, -0.25) is 9.59 Å². The lowest BCUT2D eigenvalue weighted by atomic mass is 9.92. The summed E-state index contributed by atoms with van der Waals surface area (Å²) in [5.41, 5.74) is 2.28.